The zero-order valence-electron chi connectivity index (χ0n) is 33.3. The number of carbonyl (C=O) groups is 2. The number of halogens is 7. The third-order valence-corrected chi connectivity index (χ3v) is 11.5. The molecule has 8 rings (SSSR count). The number of hydrogen-bond acceptors (Lipinski definition) is 10. The number of hydrogen-bond donors (Lipinski definition) is 2. The summed E-state index contributed by atoms with van der Waals surface area (Å²) < 4.78 is 76.9. The average molecular weight is 861 g/mol. The van der Waals surface area contributed by atoms with Crippen molar-refractivity contribution >= 4 is 59.0 Å². The van der Waals surface area contributed by atoms with E-state index in [0.29, 0.717) is 24.0 Å². The molecule has 2 aliphatic heterocycles. The highest BCUT2D eigenvalue weighted by atomic mass is 35.5. The maximum atomic E-state index is 13.5. The largest absolute Gasteiger partial charge is 0.489 e. The Morgan fingerprint density at radius 1 is 0.700 bits per heavy atom. The van der Waals surface area contributed by atoms with Crippen molar-refractivity contribution in [2.24, 2.45) is 0 Å². The van der Waals surface area contributed by atoms with Gasteiger partial charge in [-0.05, 0) is 74.5 Å². The van der Waals surface area contributed by atoms with E-state index in [-0.39, 0.29) is 46.6 Å². The van der Waals surface area contributed by atoms with Gasteiger partial charge in [0.1, 0.15) is 23.5 Å². The van der Waals surface area contributed by atoms with Crippen LogP contribution in [0.1, 0.15) is 76.3 Å². The lowest BCUT2D eigenvalue weighted by Gasteiger charge is -2.47. The predicted molar refractivity (Wildman–Crippen MR) is 216 cm³/mol. The number of anilines is 4. The van der Waals surface area contributed by atoms with Crippen LogP contribution in [-0.2, 0) is 21.9 Å². The molecule has 2 aliphatic carbocycles. The molecule has 2 aromatic carbocycles. The number of alkyl halides is 6. The number of amides is 2. The standard InChI is InChI=1S/C20H21F3N4O.C13H17ClN4O.C7H6BF3O2/c1-3-15-19(28)26(2)16-11-24-17(25-18(16)27(15)12-7-6-8-12)13-9-4-5-10-14(13)20(21,22)23;1-3-9-12(19)17(2)10-7-15-13(14)16-11(10)18(9)8-5-4-6-8;9-7(10,11)5-3-1-2-4-6(5)8(12)13/h4-5,9-12,15H,3,6-8H2,1-2H3;7-9H,3-6H2,1-2H3;1-4,12-13H/t15-;9-;/m11./s1. The van der Waals surface area contributed by atoms with Crippen molar-refractivity contribution in [2.45, 2.75) is 102 Å². The van der Waals surface area contributed by atoms with Gasteiger partial charge in [-0.15, -0.1) is 0 Å². The fourth-order valence-electron chi connectivity index (χ4n) is 7.75. The zero-order chi connectivity index (χ0) is 43.7. The highest BCUT2D eigenvalue weighted by molar-refractivity contribution is 6.59. The van der Waals surface area contributed by atoms with E-state index in [1.54, 1.807) is 31.3 Å². The monoisotopic (exact) mass is 860 g/mol. The lowest BCUT2D eigenvalue weighted by molar-refractivity contribution is -0.137. The topological polar surface area (TPSA) is 139 Å². The Balaban J connectivity index is 0.000000163. The van der Waals surface area contributed by atoms with Gasteiger partial charge in [0, 0.05) is 31.7 Å². The van der Waals surface area contributed by atoms with Gasteiger partial charge in [-0.3, -0.25) is 9.59 Å². The number of rotatable bonds is 6. The minimum absolute atomic E-state index is 0.0219. The molecule has 0 spiro atoms. The molecule has 4 aliphatic rings. The number of fused-ring (bicyclic) bond motifs is 2. The van der Waals surface area contributed by atoms with Crippen molar-refractivity contribution in [2.75, 3.05) is 33.7 Å². The summed E-state index contributed by atoms with van der Waals surface area (Å²) in [6.45, 7) is 3.98. The second-order valence-electron chi connectivity index (χ2n) is 14.9. The van der Waals surface area contributed by atoms with Crippen LogP contribution >= 0.6 is 11.6 Å². The van der Waals surface area contributed by atoms with Crippen LogP contribution in [0.15, 0.2) is 60.9 Å². The van der Waals surface area contributed by atoms with E-state index in [1.807, 2.05) is 18.7 Å². The third-order valence-electron chi connectivity index (χ3n) is 11.3. The van der Waals surface area contributed by atoms with Gasteiger partial charge in [-0.1, -0.05) is 56.3 Å². The quantitative estimate of drug-likeness (QED) is 0.120. The van der Waals surface area contributed by atoms with Crippen LogP contribution in [0.2, 0.25) is 5.28 Å². The molecule has 320 valence electrons. The number of aromatic nitrogens is 4. The van der Waals surface area contributed by atoms with Gasteiger partial charge in [0.15, 0.2) is 17.5 Å². The van der Waals surface area contributed by atoms with E-state index >= 15 is 0 Å². The second kappa shape index (κ2) is 17.9. The zero-order valence-corrected chi connectivity index (χ0v) is 34.0. The molecule has 4 heterocycles. The lowest BCUT2D eigenvalue weighted by Crippen LogP contribution is -2.57. The SMILES string of the molecule is CC[C@@H]1C(=O)N(C)c2cnc(-c3ccccc3C(F)(F)F)nc2N1C1CCC1.CC[C@@H]1C(=O)N(C)c2cnc(Cl)nc2N1C1CCC1.OB(O)c1ccccc1C(F)(F)F. The molecular formula is C40H44BClF6N8O4. The molecule has 2 saturated carbocycles. The smallest absolute Gasteiger partial charge is 0.423 e. The van der Waals surface area contributed by atoms with Gasteiger partial charge in [-0.2, -0.15) is 31.3 Å². The van der Waals surface area contributed by atoms with Crippen LogP contribution in [0.3, 0.4) is 0 Å². The van der Waals surface area contributed by atoms with Gasteiger partial charge in [-0.25, -0.2) is 15.0 Å². The Morgan fingerprint density at radius 3 is 1.58 bits per heavy atom. The summed E-state index contributed by atoms with van der Waals surface area (Å²) in [5.74, 6) is 1.45. The summed E-state index contributed by atoms with van der Waals surface area (Å²) in [5.41, 5.74) is -1.09. The van der Waals surface area contributed by atoms with Crippen LogP contribution < -0.4 is 25.1 Å². The van der Waals surface area contributed by atoms with Gasteiger partial charge in [0.25, 0.3) is 0 Å². The molecule has 2 atom stereocenters. The van der Waals surface area contributed by atoms with E-state index < -0.39 is 36.1 Å². The molecule has 0 unspecified atom stereocenters. The molecule has 2 aromatic heterocycles. The first-order valence-corrected chi connectivity index (χ1v) is 20.0. The van der Waals surface area contributed by atoms with Crippen molar-refractivity contribution in [1.29, 1.82) is 0 Å². The van der Waals surface area contributed by atoms with Gasteiger partial charge in [0.2, 0.25) is 17.1 Å². The summed E-state index contributed by atoms with van der Waals surface area (Å²) in [7, 11) is 1.34. The molecule has 2 N–H and O–H groups in total. The molecule has 0 bridgehead atoms. The molecule has 4 aromatic rings. The molecule has 0 radical (unpaired) electrons. The van der Waals surface area contributed by atoms with E-state index in [2.05, 4.69) is 24.8 Å². The second-order valence-corrected chi connectivity index (χ2v) is 15.2. The first-order chi connectivity index (χ1) is 28.4. The molecular weight excluding hydrogens is 817 g/mol. The Labute approximate surface area is 348 Å². The van der Waals surface area contributed by atoms with E-state index in [0.717, 1.165) is 68.2 Å². The molecule has 2 amide bonds. The highest BCUT2D eigenvalue weighted by Crippen LogP contribution is 2.43. The first kappa shape index (κ1) is 44.5. The Kier molecular flexibility index (Phi) is 13.3. The molecule has 0 saturated heterocycles. The fourth-order valence-corrected chi connectivity index (χ4v) is 7.87. The van der Waals surface area contributed by atoms with Crippen molar-refractivity contribution in [3.63, 3.8) is 0 Å². The van der Waals surface area contributed by atoms with E-state index in [4.69, 9.17) is 21.6 Å². The minimum Gasteiger partial charge on any atom is -0.423 e. The van der Waals surface area contributed by atoms with Crippen molar-refractivity contribution < 1.29 is 46.0 Å². The Morgan fingerprint density at radius 2 is 1.15 bits per heavy atom. The van der Waals surface area contributed by atoms with Crippen molar-refractivity contribution in [1.82, 2.24) is 19.9 Å². The minimum atomic E-state index is -4.56. The number of likely N-dealkylation sites (N-methyl/N-ethyl adjacent to an activating group) is 2. The summed E-state index contributed by atoms with van der Waals surface area (Å²) in [6, 6.07) is 9.74. The Bertz CT molecular complexity index is 2190. The van der Waals surface area contributed by atoms with Crippen LogP contribution in [0, 0.1) is 0 Å². The van der Waals surface area contributed by atoms with Crippen LogP contribution in [0.4, 0.5) is 49.4 Å². The van der Waals surface area contributed by atoms with Gasteiger partial charge >= 0.3 is 19.5 Å². The maximum absolute atomic E-state index is 13.5. The van der Waals surface area contributed by atoms with Crippen LogP contribution in [0.5, 0.6) is 0 Å². The lowest BCUT2D eigenvalue weighted by atomic mass is 9.77. The number of carbonyl (C=O) groups excluding carboxylic acids is 2. The predicted octanol–water partition coefficient (Wildman–Crippen LogP) is 6.91. The van der Waals surface area contributed by atoms with Crippen molar-refractivity contribution in [3.8, 4) is 11.4 Å². The molecule has 2 fully saturated rings. The fraction of sp³-hybridized carbons (Fsp3) is 0.450. The van der Waals surface area contributed by atoms with Crippen molar-refractivity contribution in [3.05, 3.63) is 77.3 Å². The number of nitrogens with zero attached hydrogens (tertiary/aromatic N) is 8. The molecule has 60 heavy (non-hydrogen) atoms. The third kappa shape index (κ3) is 8.88. The van der Waals surface area contributed by atoms with Crippen LogP contribution in [-0.4, -0.2) is 87.2 Å². The highest BCUT2D eigenvalue weighted by Gasteiger charge is 2.44. The van der Waals surface area contributed by atoms with E-state index in [1.165, 1.54) is 41.8 Å². The van der Waals surface area contributed by atoms with Gasteiger partial charge in [0.05, 0.1) is 23.5 Å². The Hall–Kier alpha value is -5.01. The normalized spacial score (nSPS) is 19.3. The van der Waals surface area contributed by atoms with Gasteiger partial charge < -0.3 is 29.6 Å². The molecule has 20 heteroatoms. The number of benzene rings is 2. The first-order valence-electron chi connectivity index (χ1n) is 19.6. The summed E-state index contributed by atoms with van der Waals surface area (Å²) in [4.78, 5) is 49.7. The summed E-state index contributed by atoms with van der Waals surface area (Å²) in [5, 5.41) is 17.5. The summed E-state index contributed by atoms with van der Waals surface area (Å²) in [6.07, 6.45) is 1.86. The molecule has 12 nitrogen and oxygen atoms in total. The average Bonchev–Trinajstić information content (AvgIpc) is 3.17. The summed E-state index contributed by atoms with van der Waals surface area (Å²) >= 11 is 5.93. The maximum Gasteiger partial charge on any atom is 0.489 e. The van der Waals surface area contributed by atoms with Crippen LogP contribution in [0.25, 0.3) is 11.4 Å². The van der Waals surface area contributed by atoms with E-state index in [9.17, 15) is 35.9 Å².